The summed E-state index contributed by atoms with van der Waals surface area (Å²) >= 11 is 0. The lowest BCUT2D eigenvalue weighted by Gasteiger charge is -2.10. The highest BCUT2D eigenvalue weighted by Crippen LogP contribution is 2.30. The molecule has 3 rings (SSSR count). The summed E-state index contributed by atoms with van der Waals surface area (Å²) < 4.78 is 57.4. The van der Waals surface area contributed by atoms with Crippen LogP contribution in [0.5, 0.6) is 5.75 Å². The maximum absolute atomic E-state index is 13.6. The molecule has 0 aliphatic rings. The van der Waals surface area contributed by atoms with Crippen LogP contribution in [-0.2, 0) is 15.8 Å². The average Bonchev–Trinajstić information content (AvgIpc) is 2.83. The molecule has 0 radical (unpaired) electrons. The number of nitriles is 1. The van der Waals surface area contributed by atoms with Gasteiger partial charge in [0, 0.05) is 5.69 Å². The topological polar surface area (TPSA) is 91.2 Å². The highest BCUT2D eigenvalue weighted by molar-refractivity contribution is 6.09. The first-order valence-corrected chi connectivity index (χ1v) is 10.0. The number of carbonyl (C=O) groups excluding carboxylic acids is 2. The predicted octanol–water partition coefficient (Wildman–Crippen LogP) is 5.41. The number of nitrogens with zero attached hydrogens (tertiary/aromatic N) is 1. The minimum absolute atomic E-state index is 0.0222. The molecule has 10 heteroatoms. The minimum Gasteiger partial charge on any atom is -0.484 e. The summed E-state index contributed by atoms with van der Waals surface area (Å²) in [6, 6.07) is 17.4. The van der Waals surface area contributed by atoms with Crippen LogP contribution in [0.25, 0.3) is 6.08 Å². The van der Waals surface area contributed by atoms with Crippen LogP contribution >= 0.6 is 0 Å². The summed E-state index contributed by atoms with van der Waals surface area (Å²) in [4.78, 5) is 24.3. The second-order valence-corrected chi connectivity index (χ2v) is 7.09. The van der Waals surface area contributed by atoms with Crippen molar-refractivity contribution in [1.82, 2.24) is 0 Å². The zero-order chi connectivity index (χ0) is 25.4. The number of alkyl halides is 3. The Bertz CT molecular complexity index is 1300. The van der Waals surface area contributed by atoms with E-state index in [2.05, 4.69) is 10.6 Å². The number of hydrogen-bond donors (Lipinski definition) is 2. The lowest BCUT2D eigenvalue weighted by atomic mass is 10.1. The number of benzene rings is 3. The first kappa shape index (κ1) is 25.0. The van der Waals surface area contributed by atoms with Crippen molar-refractivity contribution in [3.63, 3.8) is 0 Å². The number of amides is 2. The van der Waals surface area contributed by atoms with Crippen molar-refractivity contribution in [3.05, 3.63) is 95.3 Å². The normalized spacial score (nSPS) is 11.3. The molecule has 0 atom stereocenters. The summed E-state index contributed by atoms with van der Waals surface area (Å²) in [5.74, 6) is -1.73. The van der Waals surface area contributed by atoms with E-state index >= 15 is 0 Å². The number of para-hydroxylation sites is 1. The standard InChI is InChI=1S/C25H17F4N3O3/c26-21-6-1-2-7-22(21)32-23(33)15-35-20-10-8-16(9-11-20)12-17(14-30)24(34)31-19-5-3-4-18(13-19)25(27,28)29/h1-13H,15H2,(H,31,34)(H,32,33)/b17-12+. The van der Waals surface area contributed by atoms with Gasteiger partial charge < -0.3 is 15.4 Å². The van der Waals surface area contributed by atoms with Crippen molar-refractivity contribution in [2.24, 2.45) is 0 Å². The number of nitrogens with one attached hydrogen (secondary N) is 2. The zero-order valence-electron chi connectivity index (χ0n) is 17.9. The molecule has 0 bridgehead atoms. The van der Waals surface area contributed by atoms with Gasteiger partial charge in [-0.15, -0.1) is 0 Å². The van der Waals surface area contributed by atoms with Crippen molar-refractivity contribution in [1.29, 1.82) is 5.26 Å². The van der Waals surface area contributed by atoms with E-state index < -0.39 is 29.4 Å². The number of rotatable bonds is 7. The Hall–Kier alpha value is -4.65. The van der Waals surface area contributed by atoms with Gasteiger partial charge in [-0.25, -0.2) is 4.39 Å². The largest absolute Gasteiger partial charge is 0.484 e. The van der Waals surface area contributed by atoms with Crippen molar-refractivity contribution in [3.8, 4) is 11.8 Å². The first-order valence-electron chi connectivity index (χ1n) is 10.0. The molecule has 0 fully saturated rings. The number of carbonyl (C=O) groups is 2. The Morgan fingerprint density at radius 1 is 0.971 bits per heavy atom. The van der Waals surface area contributed by atoms with Crippen LogP contribution in [0.1, 0.15) is 11.1 Å². The maximum atomic E-state index is 13.6. The molecule has 6 nitrogen and oxygen atoms in total. The van der Waals surface area contributed by atoms with E-state index in [1.807, 2.05) is 0 Å². The van der Waals surface area contributed by atoms with Crippen LogP contribution < -0.4 is 15.4 Å². The van der Waals surface area contributed by atoms with E-state index in [-0.39, 0.29) is 23.6 Å². The molecule has 0 unspecified atom stereocenters. The quantitative estimate of drug-likeness (QED) is 0.267. The molecule has 3 aromatic carbocycles. The van der Waals surface area contributed by atoms with Crippen molar-refractivity contribution in [2.75, 3.05) is 17.2 Å². The van der Waals surface area contributed by atoms with E-state index in [1.54, 1.807) is 12.1 Å². The van der Waals surface area contributed by atoms with Crippen LogP contribution in [0.2, 0.25) is 0 Å². The Morgan fingerprint density at radius 2 is 1.69 bits per heavy atom. The number of ether oxygens (including phenoxy) is 1. The van der Waals surface area contributed by atoms with E-state index in [4.69, 9.17) is 4.74 Å². The van der Waals surface area contributed by atoms with Gasteiger partial charge in [0.2, 0.25) is 0 Å². The molecule has 0 aliphatic heterocycles. The van der Waals surface area contributed by atoms with E-state index in [9.17, 15) is 32.4 Å². The van der Waals surface area contributed by atoms with E-state index in [0.717, 1.165) is 18.2 Å². The molecule has 0 saturated heterocycles. The summed E-state index contributed by atoms with van der Waals surface area (Å²) in [7, 11) is 0. The fraction of sp³-hybridized carbons (Fsp3) is 0.0800. The fourth-order valence-electron chi connectivity index (χ4n) is 2.84. The zero-order valence-corrected chi connectivity index (χ0v) is 17.9. The Kier molecular flexibility index (Phi) is 7.84. The lowest BCUT2D eigenvalue weighted by Crippen LogP contribution is -2.20. The molecule has 0 aromatic heterocycles. The molecule has 178 valence electrons. The van der Waals surface area contributed by atoms with Crippen LogP contribution in [0.3, 0.4) is 0 Å². The minimum atomic E-state index is -4.57. The van der Waals surface area contributed by atoms with Crippen molar-refractivity contribution in [2.45, 2.75) is 6.18 Å². The molecular formula is C25H17F4N3O3. The molecular weight excluding hydrogens is 466 g/mol. The van der Waals surface area contributed by atoms with Crippen molar-refractivity contribution >= 4 is 29.3 Å². The van der Waals surface area contributed by atoms with Gasteiger partial charge in [-0.05, 0) is 54.1 Å². The number of anilines is 2. The molecule has 0 aliphatic carbocycles. The van der Waals surface area contributed by atoms with Gasteiger partial charge in [-0.2, -0.15) is 18.4 Å². The molecule has 0 spiro atoms. The van der Waals surface area contributed by atoms with Crippen LogP contribution in [0, 0.1) is 17.1 Å². The summed E-state index contributed by atoms with van der Waals surface area (Å²) in [5, 5.41) is 14.0. The van der Waals surface area contributed by atoms with Gasteiger partial charge in [0.25, 0.3) is 11.8 Å². The summed E-state index contributed by atoms with van der Waals surface area (Å²) in [6.45, 7) is -0.383. The smallest absolute Gasteiger partial charge is 0.416 e. The van der Waals surface area contributed by atoms with Gasteiger partial charge in [-0.3, -0.25) is 9.59 Å². The predicted molar refractivity (Wildman–Crippen MR) is 121 cm³/mol. The maximum Gasteiger partial charge on any atom is 0.416 e. The van der Waals surface area contributed by atoms with Crippen LogP contribution in [-0.4, -0.2) is 18.4 Å². The highest BCUT2D eigenvalue weighted by atomic mass is 19.4. The van der Waals surface area contributed by atoms with E-state index in [1.165, 1.54) is 54.6 Å². The molecule has 0 heterocycles. The summed E-state index contributed by atoms with van der Waals surface area (Å²) in [6.07, 6.45) is -3.32. The Balaban J connectivity index is 1.60. The third-order valence-electron chi connectivity index (χ3n) is 4.52. The molecule has 3 aromatic rings. The monoisotopic (exact) mass is 483 g/mol. The van der Waals surface area contributed by atoms with Crippen LogP contribution in [0.15, 0.2) is 78.4 Å². The average molecular weight is 483 g/mol. The van der Waals surface area contributed by atoms with Gasteiger partial charge in [0.1, 0.15) is 23.2 Å². The van der Waals surface area contributed by atoms with Gasteiger partial charge >= 0.3 is 6.18 Å². The second kappa shape index (κ2) is 11.0. The van der Waals surface area contributed by atoms with Crippen molar-refractivity contribution < 1.29 is 31.9 Å². The lowest BCUT2D eigenvalue weighted by molar-refractivity contribution is -0.137. The Morgan fingerprint density at radius 3 is 2.34 bits per heavy atom. The highest BCUT2D eigenvalue weighted by Gasteiger charge is 2.30. The Labute approximate surface area is 197 Å². The van der Waals surface area contributed by atoms with Gasteiger partial charge in [0.15, 0.2) is 6.61 Å². The SMILES string of the molecule is N#C/C(=C\c1ccc(OCC(=O)Nc2ccccc2F)cc1)C(=O)Nc1cccc(C(F)(F)F)c1. The number of hydrogen-bond acceptors (Lipinski definition) is 4. The third kappa shape index (κ3) is 7.17. The van der Waals surface area contributed by atoms with E-state index in [0.29, 0.717) is 11.3 Å². The number of halogens is 4. The third-order valence-corrected chi connectivity index (χ3v) is 4.52. The van der Waals surface area contributed by atoms with Gasteiger partial charge in [-0.1, -0.05) is 30.3 Å². The van der Waals surface area contributed by atoms with Crippen LogP contribution in [0.4, 0.5) is 28.9 Å². The molecule has 2 N–H and O–H groups in total. The molecule has 2 amide bonds. The first-order chi connectivity index (χ1) is 16.7. The van der Waals surface area contributed by atoms with Gasteiger partial charge in [0.05, 0.1) is 11.3 Å². The summed E-state index contributed by atoms with van der Waals surface area (Å²) in [5.41, 5.74) is -0.919. The fourth-order valence-corrected chi connectivity index (χ4v) is 2.84. The second-order valence-electron chi connectivity index (χ2n) is 7.09. The molecule has 35 heavy (non-hydrogen) atoms. The molecule has 0 saturated carbocycles.